The standard InChI is InChI=1S/C26H32N4O2/c1-26(2)12-11-20(21(27)15-26)24(28)23-13-18-9-10-19(14-22(18)29-23)30(3)25(31)32-16-17-7-5-4-6-8-17/h4-10,13-14,25,28-29,31H,11-12,15-16,27H2,1-3H3. The predicted octanol–water partition coefficient (Wildman–Crippen LogP) is 4.89. The van der Waals surface area contributed by atoms with Gasteiger partial charge in [-0.05, 0) is 54.0 Å². The van der Waals surface area contributed by atoms with Crippen LogP contribution in [0.15, 0.2) is 65.9 Å². The summed E-state index contributed by atoms with van der Waals surface area (Å²) < 4.78 is 5.62. The topological polar surface area (TPSA) is 98.4 Å². The average molecular weight is 433 g/mol. The molecule has 168 valence electrons. The van der Waals surface area contributed by atoms with Gasteiger partial charge in [0.2, 0.25) is 6.41 Å². The van der Waals surface area contributed by atoms with Gasteiger partial charge in [-0.2, -0.15) is 0 Å². The number of nitrogens with zero attached hydrogens (tertiary/aromatic N) is 1. The number of nitrogens with one attached hydrogen (secondary N) is 2. The summed E-state index contributed by atoms with van der Waals surface area (Å²) in [6.07, 6.45) is 1.60. The molecule has 1 aliphatic rings. The maximum atomic E-state index is 10.5. The van der Waals surface area contributed by atoms with Gasteiger partial charge in [0.1, 0.15) is 0 Å². The molecule has 0 aliphatic heterocycles. The van der Waals surface area contributed by atoms with Crippen LogP contribution in [-0.2, 0) is 11.3 Å². The monoisotopic (exact) mass is 432 g/mol. The Morgan fingerprint density at radius 1 is 1.22 bits per heavy atom. The van der Waals surface area contributed by atoms with Gasteiger partial charge in [-0.25, -0.2) is 0 Å². The molecule has 0 amide bonds. The predicted molar refractivity (Wildman–Crippen MR) is 130 cm³/mol. The van der Waals surface area contributed by atoms with Crippen molar-refractivity contribution in [1.82, 2.24) is 4.98 Å². The number of allylic oxidation sites excluding steroid dienone is 2. The zero-order valence-electron chi connectivity index (χ0n) is 19.0. The number of hydrogen-bond acceptors (Lipinski definition) is 5. The molecule has 0 bridgehead atoms. The summed E-state index contributed by atoms with van der Waals surface area (Å²) in [5.41, 5.74) is 12.2. The van der Waals surface area contributed by atoms with Crippen LogP contribution in [-0.4, -0.2) is 29.3 Å². The van der Waals surface area contributed by atoms with Gasteiger partial charge in [-0.15, -0.1) is 0 Å². The van der Waals surface area contributed by atoms with Crippen molar-refractivity contribution in [2.45, 2.75) is 46.1 Å². The third kappa shape index (κ3) is 4.71. The van der Waals surface area contributed by atoms with Crippen molar-refractivity contribution in [3.63, 3.8) is 0 Å². The first-order chi connectivity index (χ1) is 15.2. The summed E-state index contributed by atoms with van der Waals surface area (Å²) >= 11 is 0. The van der Waals surface area contributed by atoms with Gasteiger partial charge in [0.15, 0.2) is 0 Å². The molecule has 1 atom stereocenters. The molecule has 0 fully saturated rings. The number of hydrogen-bond donors (Lipinski definition) is 4. The fourth-order valence-electron chi connectivity index (χ4n) is 4.24. The molecule has 2 aromatic carbocycles. The first-order valence-corrected chi connectivity index (χ1v) is 11.0. The first-order valence-electron chi connectivity index (χ1n) is 11.0. The van der Waals surface area contributed by atoms with E-state index in [2.05, 4.69) is 18.8 Å². The fraction of sp³-hybridized carbons (Fsp3) is 0.346. The van der Waals surface area contributed by atoms with Gasteiger partial charge in [0, 0.05) is 29.3 Å². The van der Waals surface area contributed by atoms with Crippen molar-refractivity contribution in [2.24, 2.45) is 11.1 Å². The van der Waals surface area contributed by atoms with Crippen LogP contribution in [0.3, 0.4) is 0 Å². The normalized spacial score (nSPS) is 16.9. The number of rotatable bonds is 7. The molecule has 1 unspecified atom stereocenters. The van der Waals surface area contributed by atoms with Crippen LogP contribution in [0.2, 0.25) is 0 Å². The van der Waals surface area contributed by atoms with E-state index in [4.69, 9.17) is 15.9 Å². The number of aliphatic hydroxyl groups is 1. The zero-order valence-corrected chi connectivity index (χ0v) is 19.0. The van der Waals surface area contributed by atoms with Gasteiger partial charge in [-0.3, -0.25) is 5.41 Å². The number of nitrogens with two attached hydrogens (primary N) is 1. The number of aliphatic hydroxyl groups excluding tert-OH is 1. The molecular weight excluding hydrogens is 400 g/mol. The third-order valence-corrected chi connectivity index (χ3v) is 6.27. The second-order valence-electron chi connectivity index (χ2n) is 9.41. The molecule has 3 aromatic rings. The minimum Gasteiger partial charge on any atom is -0.402 e. The lowest BCUT2D eigenvalue weighted by Crippen LogP contribution is -2.33. The highest BCUT2D eigenvalue weighted by molar-refractivity contribution is 6.12. The van der Waals surface area contributed by atoms with Crippen molar-refractivity contribution in [3.8, 4) is 0 Å². The zero-order chi connectivity index (χ0) is 22.9. The fourth-order valence-corrected chi connectivity index (χ4v) is 4.24. The molecule has 1 aliphatic carbocycles. The van der Waals surface area contributed by atoms with Crippen LogP contribution in [0.1, 0.15) is 44.4 Å². The minimum absolute atomic E-state index is 0.192. The van der Waals surface area contributed by atoms with Gasteiger partial charge in [0.05, 0.1) is 18.0 Å². The summed E-state index contributed by atoms with van der Waals surface area (Å²) in [5, 5.41) is 20.2. The molecule has 0 spiro atoms. The molecule has 4 rings (SSSR count). The summed E-state index contributed by atoms with van der Waals surface area (Å²) in [6.45, 7) is 4.77. The molecule has 0 saturated heterocycles. The smallest absolute Gasteiger partial charge is 0.238 e. The van der Waals surface area contributed by atoms with Crippen LogP contribution >= 0.6 is 0 Å². The van der Waals surface area contributed by atoms with Gasteiger partial charge in [0.25, 0.3) is 0 Å². The summed E-state index contributed by atoms with van der Waals surface area (Å²) in [4.78, 5) is 5.04. The van der Waals surface area contributed by atoms with E-state index in [9.17, 15) is 5.11 Å². The third-order valence-electron chi connectivity index (χ3n) is 6.27. The van der Waals surface area contributed by atoms with Crippen LogP contribution < -0.4 is 10.6 Å². The Balaban J connectivity index is 1.49. The molecule has 1 heterocycles. The van der Waals surface area contributed by atoms with E-state index in [1.807, 2.05) is 54.6 Å². The van der Waals surface area contributed by atoms with Crippen LogP contribution in [0.25, 0.3) is 10.9 Å². The second-order valence-corrected chi connectivity index (χ2v) is 9.41. The number of ether oxygens (including phenoxy) is 1. The van der Waals surface area contributed by atoms with E-state index in [0.29, 0.717) is 12.3 Å². The highest BCUT2D eigenvalue weighted by Gasteiger charge is 2.28. The maximum Gasteiger partial charge on any atom is 0.238 e. The lowest BCUT2D eigenvalue weighted by Gasteiger charge is -2.31. The molecule has 0 radical (unpaired) electrons. The van der Waals surface area contributed by atoms with Crippen molar-refractivity contribution in [3.05, 3.63) is 77.1 Å². The minimum atomic E-state index is -1.07. The van der Waals surface area contributed by atoms with Gasteiger partial charge < -0.3 is 25.5 Å². The van der Waals surface area contributed by atoms with Crippen LogP contribution in [0, 0.1) is 10.8 Å². The molecule has 32 heavy (non-hydrogen) atoms. The summed E-state index contributed by atoms with van der Waals surface area (Å²) in [7, 11) is 1.79. The number of H-pyrrole nitrogens is 1. The van der Waals surface area contributed by atoms with E-state index in [-0.39, 0.29) is 5.41 Å². The lowest BCUT2D eigenvalue weighted by molar-refractivity contribution is -0.105. The van der Waals surface area contributed by atoms with Crippen molar-refractivity contribution < 1.29 is 9.84 Å². The van der Waals surface area contributed by atoms with E-state index in [1.54, 1.807) is 11.9 Å². The molecule has 6 heteroatoms. The van der Waals surface area contributed by atoms with E-state index >= 15 is 0 Å². The number of anilines is 1. The van der Waals surface area contributed by atoms with Gasteiger partial charge in [-0.1, -0.05) is 50.2 Å². The van der Waals surface area contributed by atoms with Crippen LogP contribution in [0.4, 0.5) is 5.69 Å². The molecule has 0 saturated carbocycles. The Morgan fingerprint density at radius 2 is 1.97 bits per heavy atom. The van der Waals surface area contributed by atoms with Crippen LogP contribution in [0.5, 0.6) is 0 Å². The lowest BCUT2D eigenvalue weighted by atomic mass is 9.75. The molecular formula is C26H32N4O2. The van der Waals surface area contributed by atoms with Crippen molar-refractivity contribution >= 4 is 22.3 Å². The second kappa shape index (κ2) is 8.81. The Kier molecular flexibility index (Phi) is 6.09. The van der Waals surface area contributed by atoms with Crippen molar-refractivity contribution in [2.75, 3.05) is 11.9 Å². The summed E-state index contributed by atoms with van der Waals surface area (Å²) in [5.74, 6) is 0. The van der Waals surface area contributed by atoms with Gasteiger partial charge >= 0.3 is 0 Å². The Morgan fingerprint density at radius 3 is 2.69 bits per heavy atom. The van der Waals surface area contributed by atoms with E-state index in [1.165, 1.54) is 0 Å². The molecule has 6 nitrogen and oxygen atoms in total. The Bertz CT molecular complexity index is 1150. The quantitative estimate of drug-likeness (QED) is 0.316. The number of aromatic nitrogens is 1. The maximum absolute atomic E-state index is 10.5. The Labute approximate surface area is 189 Å². The number of benzene rings is 2. The summed E-state index contributed by atoms with van der Waals surface area (Å²) in [6, 6.07) is 17.6. The highest BCUT2D eigenvalue weighted by Crippen LogP contribution is 2.38. The Hall–Kier alpha value is -3.09. The molecule has 1 aromatic heterocycles. The first kappa shape index (κ1) is 22.1. The van der Waals surface area contributed by atoms with Crippen molar-refractivity contribution in [1.29, 1.82) is 5.41 Å². The number of fused-ring (bicyclic) bond motifs is 1. The van der Waals surface area contributed by atoms with E-state index in [0.717, 1.165) is 58.4 Å². The average Bonchev–Trinajstić information content (AvgIpc) is 3.20. The SMILES string of the molecule is CN(c1ccc2cc(C(=N)C3=C(N)CC(C)(C)CC3)[nH]c2c1)C(O)OCc1ccccc1. The molecule has 5 N–H and O–H groups in total. The highest BCUT2D eigenvalue weighted by atomic mass is 16.6. The number of aromatic amines is 1. The van der Waals surface area contributed by atoms with E-state index < -0.39 is 6.41 Å². The largest absolute Gasteiger partial charge is 0.402 e.